The highest BCUT2D eigenvalue weighted by molar-refractivity contribution is 5.83. The molecule has 0 saturated carbocycles. The lowest BCUT2D eigenvalue weighted by molar-refractivity contribution is -0.129. The third kappa shape index (κ3) is 3.76. The molecule has 0 bridgehead atoms. The summed E-state index contributed by atoms with van der Waals surface area (Å²) >= 11 is 0. The molecule has 0 saturated heterocycles. The van der Waals surface area contributed by atoms with Crippen molar-refractivity contribution in [3.8, 4) is 22.8 Å². The number of aromatic nitrogens is 2. The molecule has 3 aromatic rings. The Hall–Kier alpha value is -3.68. The summed E-state index contributed by atoms with van der Waals surface area (Å²) in [7, 11) is 0. The van der Waals surface area contributed by atoms with Crippen molar-refractivity contribution >= 4 is 5.91 Å². The van der Waals surface area contributed by atoms with E-state index in [2.05, 4.69) is 10.4 Å². The molecule has 0 atom stereocenters. The molecular weight excluding hydrogens is 389 g/mol. The topological polar surface area (TPSA) is 82.4 Å². The summed E-state index contributed by atoms with van der Waals surface area (Å²) in [4.78, 5) is 25.3. The largest absolute Gasteiger partial charge is 0.454 e. The van der Waals surface area contributed by atoms with Crippen LogP contribution in [0.25, 0.3) is 11.3 Å². The molecule has 4 rings (SSSR count). The number of hydrogen-bond donors (Lipinski definition) is 1. The van der Waals surface area contributed by atoms with Gasteiger partial charge in [0.1, 0.15) is 11.4 Å². The average molecular weight is 409 g/mol. The number of benzene rings is 2. The second-order valence-electron chi connectivity index (χ2n) is 7.40. The number of amides is 1. The molecule has 2 heterocycles. The molecular formula is C22H20FN3O4. The molecule has 1 aromatic heterocycles. The van der Waals surface area contributed by atoms with Crippen LogP contribution in [0.15, 0.2) is 59.4 Å². The highest BCUT2D eigenvalue weighted by atomic mass is 19.1. The zero-order valence-corrected chi connectivity index (χ0v) is 16.5. The minimum Gasteiger partial charge on any atom is -0.454 e. The molecule has 0 spiro atoms. The maximum atomic E-state index is 13.2. The maximum Gasteiger partial charge on any atom is 0.267 e. The van der Waals surface area contributed by atoms with Crippen LogP contribution in [0.1, 0.15) is 19.4 Å². The number of nitrogens with one attached hydrogen (secondary N) is 1. The van der Waals surface area contributed by atoms with Gasteiger partial charge >= 0.3 is 0 Å². The Labute approximate surface area is 172 Å². The van der Waals surface area contributed by atoms with Gasteiger partial charge in [-0.2, -0.15) is 5.10 Å². The fraction of sp³-hybridized carbons (Fsp3) is 0.227. The zero-order chi connectivity index (χ0) is 21.3. The van der Waals surface area contributed by atoms with Crippen LogP contribution in [-0.4, -0.2) is 22.5 Å². The van der Waals surface area contributed by atoms with E-state index >= 15 is 0 Å². The van der Waals surface area contributed by atoms with Crippen molar-refractivity contribution < 1.29 is 18.7 Å². The molecule has 7 nitrogen and oxygen atoms in total. The lowest BCUT2D eigenvalue weighted by Gasteiger charge is -2.25. The molecule has 8 heteroatoms. The van der Waals surface area contributed by atoms with Crippen molar-refractivity contribution in [1.29, 1.82) is 0 Å². The first kappa shape index (κ1) is 19.6. The minimum atomic E-state index is -1.25. The van der Waals surface area contributed by atoms with Crippen LogP contribution in [0.3, 0.4) is 0 Å². The fourth-order valence-corrected chi connectivity index (χ4v) is 3.13. The van der Waals surface area contributed by atoms with Crippen LogP contribution < -0.4 is 20.3 Å². The van der Waals surface area contributed by atoms with Crippen LogP contribution in [-0.2, 0) is 16.9 Å². The van der Waals surface area contributed by atoms with Crippen LogP contribution in [0.4, 0.5) is 4.39 Å². The van der Waals surface area contributed by atoms with E-state index in [1.54, 1.807) is 44.2 Å². The number of fused-ring (bicyclic) bond motifs is 1. The lowest BCUT2D eigenvalue weighted by Crippen LogP contribution is -2.49. The predicted molar refractivity (Wildman–Crippen MR) is 108 cm³/mol. The maximum absolute atomic E-state index is 13.2. The summed E-state index contributed by atoms with van der Waals surface area (Å²) in [6.07, 6.45) is 0. The summed E-state index contributed by atoms with van der Waals surface area (Å²) in [6.45, 7) is 3.66. The van der Waals surface area contributed by atoms with Crippen molar-refractivity contribution in [2.24, 2.45) is 0 Å². The van der Waals surface area contributed by atoms with E-state index in [1.807, 2.05) is 6.07 Å². The van der Waals surface area contributed by atoms with Gasteiger partial charge in [0.25, 0.3) is 5.56 Å². The molecule has 0 unspecified atom stereocenters. The van der Waals surface area contributed by atoms with Crippen molar-refractivity contribution in [1.82, 2.24) is 15.1 Å². The van der Waals surface area contributed by atoms with Crippen molar-refractivity contribution in [2.45, 2.75) is 25.9 Å². The normalized spacial score (nSPS) is 12.6. The van der Waals surface area contributed by atoms with Gasteiger partial charge in [-0.15, -0.1) is 0 Å². The molecule has 1 aliphatic rings. The van der Waals surface area contributed by atoms with Gasteiger partial charge in [-0.05, 0) is 61.9 Å². The van der Waals surface area contributed by atoms with Gasteiger partial charge in [-0.1, -0.05) is 6.07 Å². The zero-order valence-electron chi connectivity index (χ0n) is 16.5. The van der Waals surface area contributed by atoms with Gasteiger partial charge in [-0.25, -0.2) is 9.07 Å². The molecule has 1 amide bonds. The molecule has 0 radical (unpaired) electrons. The number of carbonyl (C=O) groups is 1. The first-order chi connectivity index (χ1) is 14.3. The Balaban J connectivity index is 1.54. The lowest BCUT2D eigenvalue weighted by atomic mass is 10.0. The molecule has 154 valence electrons. The highest BCUT2D eigenvalue weighted by Gasteiger charge is 2.32. The van der Waals surface area contributed by atoms with Gasteiger partial charge in [0.15, 0.2) is 11.5 Å². The molecule has 0 fully saturated rings. The standard InChI is InChI=1S/C22H20FN3O4/c1-22(2,21(28)24-12-14-3-9-18-19(11-14)30-13-29-18)26-20(27)10-8-17(25-26)15-4-6-16(23)7-5-15/h3-11H,12-13H2,1-2H3,(H,24,28). The van der Waals surface area contributed by atoms with Gasteiger partial charge in [-0.3, -0.25) is 9.59 Å². The summed E-state index contributed by atoms with van der Waals surface area (Å²) in [5.74, 6) is 0.561. The summed E-state index contributed by atoms with van der Waals surface area (Å²) in [5, 5.41) is 7.19. The predicted octanol–water partition coefficient (Wildman–Crippen LogP) is 2.83. The fourth-order valence-electron chi connectivity index (χ4n) is 3.13. The number of hydrogen-bond acceptors (Lipinski definition) is 5. The van der Waals surface area contributed by atoms with Gasteiger partial charge in [0.05, 0.1) is 5.69 Å². The van der Waals surface area contributed by atoms with E-state index in [0.29, 0.717) is 22.8 Å². The average Bonchev–Trinajstić information content (AvgIpc) is 3.20. The molecule has 30 heavy (non-hydrogen) atoms. The van der Waals surface area contributed by atoms with Gasteiger partial charge < -0.3 is 14.8 Å². The van der Waals surface area contributed by atoms with Gasteiger partial charge in [0, 0.05) is 18.2 Å². The quantitative estimate of drug-likeness (QED) is 0.701. The number of halogens is 1. The Morgan fingerprint density at radius 1 is 1.10 bits per heavy atom. The van der Waals surface area contributed by atoms with E-state index in [-0.39, 0.29) is 25.1 Å². The van der Waals surface area contributed by atoms with Crippen molar-refractivity contribution in [2.75, 3.05) is 6.79 Å². The first-order valence-electron chi connectivity index (χ1n) is 9.38. The third-order valence-corrected chi connectivity index (χ3v) is 4.92. The molecule has 0 aliphatic carbocycles. The molecule has 1 aliphatic heterocycles. The monoisotopic (exact) mass is 409 g/mol. The molecule has 1 N–H and O–H groups in total. The number of ether oxygens (including phenoxy) is 2. The van der Waals surface area contributed by atoms with Crippen LogP contribution in [0.2, 0.25) is 0 Å². The van der Waals surface area contributed by atoms with Crippen molar-refractivity contribution in [3.05, 3.63) is 76.3 Å². The minimum absolute atomic E-state index is 0.178. The first-order valence-corrected chi connectivity index (χ1v) is 9.38. The number of nitrogens with zero attached hydrogens (tertiary/aromatic N) is 2. The summed E-state index contributed by atoms with van der Waals surface area (Å²) < 4.78 is 25.0. The number of rotatable bonds is 5. The Kier molecular flexibility index (Phi) is 4.99. The van der Waals surface area contributed by atoms with E-state index in [4.69, 9.17) is 9.47 Å². The smallest absolute Gasteiger partial charge is 0.267 e. The van der Waals surface area contributed by atoms with Gasteiger partial charge in [0.2, 0.25) is 12.7 Å². The van der Waals surface area contributed by atoms with Crippen LogP contribution >= 0.6 is 0 Å². The third-order valence-electron chi connectivity index (χ3n) is 4.92. The molecule has 2 aromatic carbocycles. The Bertz CT molecular complexity index is 1160. The van der Waals surface area contributed by atoms with Crippen LogP contribution in [0.5, 0.6) is 11.5 Å². The Morgan fingerprint density at radius 3 is 2.60 bits per heavy atom. The van der Waals surface area contributed by atoms with E-state index < -0.39 is 11.1 Å². The second-order valence-corrected chi connectivity index (χ2v) is 7.40. The van der Waals surface area contributed by atoms with E-state index in [9.17, 15) is 14.0 Å². The van der Waals surface area contributed by atoms with Crippen molar-refractivity contribution in [3.63, 3.8) is 0 Å². The highest BCUT2D eigenvalue weighted by Crippen LogP contribution is 2.32. The van der Waals surface area contributed by atoms with E-state index in [0.717, 1.165) is 10.2 Å². The number of carbonyl (C=O) groups excluding carboxylic acids is 1. The summed E-state index contributed by atoms with van der Waals surface area (Å²) in [6, 6.07) is 14.1. The van der Waals surface area contributed by atoms with Crippen LogP contribution in [0, 0.1) is 5.82 Å². The second kappa shape index (κ2) is 7.62. The SMILES string of the molecule is CC(C)(C(=O)NCc1ccc2c(c1)OCO2)n1nc(-c2ccc(F)cc2)ccc1=O. The Morgan fingerprint density at radius 2 is 1.83 bits per heavy atom. The van der Waals surface area contributed by atoms with E-state index in [1.165, 1.54) is 18.2 Å². The summed E-state index contributed by atoms with van der Waals surface area (Å²) in [5.41, 5.74) is 0.282.